The Morgan fingerprint density at radius 2 is 2.08 bits per heavy atom. The van der Waals surface area contributed by atoms with Gasteiger partial charge in [0.15, 0.2) is 29.4 Å². The van der Waals surface area contributed by atoms with Crippen LogP contribution in [0.2, 0.25) is 4.34 Å². The zero-order chi connectivity index (χ0) is 33.7. The van der Waals surface area contributed by atoms with Crippen molar-refractivity contribution in [2.75, 3.05) is 43.1 Å². The fourth-order valence-corrected chi connectivity index (χ4v) is 9.59. The number of likely N-dealkylation sites (tertiary alicyclic amines) is 1. The summed E-state index contributed by atoms with van der Waals surface area (Å²) in [6, 6.07) is 3.15. The number of anilines is 2. The van der Waals surface area contributed by atoms with Crippen molar-refractivity contribution in [2.45, 2.75) is 43.9 Å². The Balaban J connectivity index is 1.04. The summed E-state index contributed by atoms with van der Waals surface area (Å²) >= 11 is 10.2. The molecule has 7 heterocycles. The van der Waals surface area contributed by atoms with Crippen LogP contribution in [0.4, 0.5) is 10.9 Å². The number of nitrogen functional groups attached to an aromatic ring is 1. The molecular weight excluding hydrogens is 700 g/mol. The van der Waals surface area contributed by atoms with Crippen molar-refractivity contribution in [1.82, 2.24) is 24.8 Å². The maximum atomic E-state index is 13.3. The highest BCUT2D eigenvalue weighted by molar-refractivity contribution is 8.00. The molecule has 5 N–H and O–H groups in total. The second-order valence-corrected chi connectivity index (χ2v) is 15.3. The number of thiophene rings is 1. The maximum absolute atomic E-state index is 13.3. The van der Waals surface area contributed by atoms with Gasteiger partial charge in [-0.05, 0) is 18.9 Å². The Labute approximate surface area is 292 Å². The first kappa shape index (κ1) is 32.4. The first-order chi connectivity index (χ1) is 23.1. The van der Waals surface area contributed by atoms with Gasteiger partial charge in [-0.25, -0.2) is 9.78 Å². The number of nitrogens with zero attached hydrogens (tertiary/aromatic N) is 7. The van der Waals surface area contributed by atoms with E-state index in [1.165, 1.54) is 28.6 Å². The number of carbonyl (C=O) groups is 3. The summed E-state index contributed by atoms with van der Waals surface area (Å²) in [5.41, 5.74) is 6.99. The lowest BCUT2D eigenvalue weighted by atomic mass is 10.0. The predicted molar refractivity (Wildman–Crippen MR) is 182 cm³/mol. The van der Waals surface area contributed by atoms with Crippen LogP contribution < -0.4 is 20.6 Å². The van der Waals surface area contributed by atoms with Crippen LogP contribution in [-0.4, -0.2) is 97.8 Å². The molecule has 2 saturated heterocycles. The number of thioether (sulfide) groups is 1. The lowest BCUT2D eigenvalue weighted by Gasteiger charge is -2.49. The third-order valence-electron chi connectivity index (χ3n) is 8.69. The van der Waals surface area contributed by atoms with Crippen LogP contribution in [0.5, 0.6) is 0 Å². The molecule has 4 aliphatic heterocycles. The van der Waals surface area contributed by atoms with Crippen LogP contribution in [0, 0.1) is 5.41 Å². The Hall–Kier alpha value is -4.13. The molecule has 4 aliphatic rings. The highest BCUT2D eigenvalue weighted by Gasteiger charge is 2.55. The summed E-state index contributed by atoms with van der Waals surface area (Å²) in [4.78, 5) is 54.7. The lowest BCUT2D eigenvalue weighted by Crippen LogP contribution is -2.71. The van der Waals surface area contributed by atoms with Gasteiger partial charge in [-0.15, -0.1) is 32.5 Å². The van der Waals surface area contributed by atoms with E-state index in [4.69, 9.17) is 27.6 Å². The highest BCUT2D eigenvalue weighted by Crippen LogP contribution is 2.41. The average molecular weight is 732 g/mol. The second kappa shape index (κ2) is 13.1. The summed E-state index contributed by atoms with van der Waals surface area (Å²) < 4.78 is 4.25. The van der Waals surface area contributed by atoms with Gasteiger partial charge in [0.25, 0.3) is 11.8 Å². The van der Waals surface area contributed by atoms with Gasteiger partial charge in [0.2, 0.25) is 0 Å². The molecule has 0 aliphatic carbocycles. The number of carboxylic acids is 1. The summed E-state index contributed by atoms with van der Waals surface area (Å²) in [5.74, 6) is -0.519. The molecule has 15 nitrogen and oxygen atoms in total. The monoisotopic (exact) mass is 731 g/mol. The van der Waals surface area contributed by atoms with Crippen molar-refractivity contribution in [3.63, 3.8) is 0 Å². The van der Waals surface area contributed by atoms with E-state index in [0.717, 1.165) is 68.3 Å². The predicted octanol–water partition coefficient (Wildman–Crippen LogP) is 1.76. The number of β-lactam (4-membered cyclic amide) rings is 1. The van der Waals surface area contributed by atoms with Gasteiger partial charge in [-0.3, -0.25) is 19.9 Å². The number of carboxylic acid groups (broad SMARTS) is 1. The van der Waals surface area contributed by atoms with Crippen molar-refractivity contribution in [1.29, 1.82) is 5.41 Å². The average Bonchev–Trinajstić information content (AvgIpc) is 3.90. The number of hydrogen-bond acceptors (Lipinski definition) is 12. The number of nitrogens with two attached hydrogens (primary N) is 1. The minimum atomic E-state index is -1.21. The minimum Gasteiger partial charge on any atom is -0.477 e. The third-order valence-corrected chi connectivity index (χ3v) is 12.0. The van der Waals surface area contributed by atoms with E-state index >= 15 is 0 Å². The van der Waals surface area contributed by atoms with Crippen LogP contribution in [0.1, 0.15) is 29.0 Å². The third kappa shape index (κ3) is 5.79. The fourth-order valence-electron chi connectivity index (χ4n) is 6.45. The van der Waals surface area contributed by atoms with E-state index in [2.05, 4.69) is 41.4 Å². The van der Waals surface area contributed by atoms with Gasteiger partial charge in [-0.1, -0.05) is 28.1 Å². The van der Waals surface area contributed by atoms with E-state index < -0.39 is 29.2 Å². The standard InChI is InChI=1S/C29H31ClN10O5S3/c1-45-35-20(19-23(30)48-29(32)34-19)25(41)33-21-26(42)40-22(28(43)44)16(14-47-27(21)40)11-38-7-4-18-37(8-9-39(18)38)12-17-10-15(13-46-17)24(31)36-5-2-3-6-36/h4,7,10,13,21,27,31H,2-3,5-6,8-9,11-12,14H2,1H3,(H3-,32,33,34,41,43,44)/p+1/b31-24?,35-20-/t21-,27-/m1/s1. The quantitative estimate of drug-likeness (QED) is 0.0788. The van der Waals surface area contributed by atoms with E-state index in [-0.39, 0.29) is 26.6 Å². The Kier molecular flexibility index (Phi) is 8.82. The SMILES string of the molecule is CO/N=C(\C(=O)N[C@@H]1C(=O)N2C(C(=O)O)=C(C[n+]3ccc4n3CCN4Cc3cc(C(=N)N4CCCC4)cs3)CS[C@H]12)c1nc(N)sc1Cl. The number of halogens is 1. The maximum Gasteiger partial charge on any atom is 0.352 e. The van der Waals surface area contributed by atoms with E-state index in [1.807, 2.05) is 16.9 Å². The molecule has 7 rings (SSSR count). The van der Waals surface area contributed by atoms with Crippen molar-refractivity contribution in [3.8, 4) is 0 Å². The molecule has 0 bridgehead atoms. The van der Waals surface area contributed by atoms with Gasteiger partial charge in [0.1, 0.15) is 40.1 Å². The molecule has 3 aromatic heterocycles. The number of amides is 2. The number of amidine groups is 1. The van der Waals surface area contributed by atoms with Gasteiger partial charge < -0.3 is 30.8 Å². The summed E-state index contributed by atoms with van der Waals surface area (Å²) in [7, 11) is 1.26. The number of thiazole rings is 1. The Morgan fingerprint density at radius 1 is 1.29 bits per heavy atom. The molecule has 2 atom stereocenters. The van der Waals surface area contributed by atoms with Gasteiger partial charge in [0.05, 0.1) is 19.2 Å². The molecule has 252 valence electrons. The van der Waals surface area contributed by atoms with E-state index in [0.29, 0.717) is 23.7 Å². The molecule has 19 heteroatoms. The number of hydrogen-bond donors (Lipinski definition) is 4. The lowest BCUT2D eigenvalue weighted by molar-refractivity contribution is -0.766. The van der Waals surface area contributed by atoms with Gasteiger partial charge >= 0.3 is 5.97 Å². The fraction of sp³-hybridized carbons (Fsp3) is 0.414. The van der Waals surface area contributed by atoms with Crippen LogP contribution in [0.15, 0.2) is 40.1 Å². The molecule has 48 heavy (non-hydrogen) atoms. The normalized spacial score (nSPS) is 20.6. The zero-order valence-corrected chi connectivity index (χ0v) is 28.9. The van der Waals surface area contributed by atoms with E-state index in [9.17, 15) is 19.5 Å². The second-order valence-electron chi connectivity index (χ2n) is 11.6. The molecule has 2 amide bonds. The summed E-state index contributed by atoms with van der Waals surface area (Å²) in [5, 5.41) is 26.8. The molecule has 0 spiro atoms. The number of oxime groups is 1. The Morgan fingerprint density at radius 3 is 2.79 bits per heavy atom. The van der Waals surface area contributed by atoms with Crippen molar-refractivity contribution >= 4 is 86.3 Å². The molecule has 0 radical (unpaired) electrons. The summed E-state index contributed by atoms with van der Waals surface area (Å²) in [6.07, 6.45) is 4.20. The van der Waals surface area contributed by atoms with Crippen molar-refractivity contribution in [2.24, 2.45) is 5.16 Å². The molecule has 0 unspecified atom stereocenters. The highest BCUT2D eigenvalue weighted by atomic mass is 35.5. The number of nitrogens with one attached hydrogen (secondary N) is 2. The molecule has 2 fully saturated rings. The van der Waals surface area contributed by atoms with Crippen LogP contribution in [0.3, 0.4) is 0 Å². The number of fused-ring (bicyclic) bond motifs is 2. The van der Waals surface area contributed by atoms with Gasteiger partial charge in [0, 0.05) is 46.8 Å². The molecule has 3 aromatic rings. The van der Waals surface area contributed by atoms with Crippen molar-refractivity contribution in [3.05, 3.63) is 55.5 Å². The number of rotatable bonds is 10. The number of carbonyl (C=O) groups excluding carboxylic acids is 2. The topological polar surface area (TPSA) is 186 Å². The largest absolute Gasteiger partial charge is 0.477 e. The van der Waals surface area contributed by atoms with Crippen LogP contribution in [0.25, 0.3) is 0 Å². The first-order valence-electron chi connectivity index (χ1n) is 15.1. The summed E-state index contributed by atoms with van der Waals surface area (Å²) in [6.45, 7) is 4.42. The van der Waals surface area contributed by atoms with Crippen LogP contribution in [-0.2, 0) is 38.9 Å². The van der Waals surface area contributed by atoms with Gasteiger partial charge in [-0.2, -0.15) is 0 Å². The number of aromatic nitrogens is 3. The molecule has 0 saturated carbocycles. The zero-order valence-electron chi connectivity index (χ0n) is 25.7. The molecular formula is C29H32ClN10O5S3+. The minimum absolute atomic E-state index is 0.0281. The molecule has 0 aromatic carbocycles. The van der Waals surface area contributed by atoms with E-state index in [1.54, 1.807) is 11.3 Å². The number of aliphatic carboxylic acids is 1. The van der Waals surface area contributed by atoms with Crippen LogP contribution >= 0.6 is 46.0 Å². The smallest absolute Gasteiger partial charge is 0.352 e. The van der Waals surface area contributed by atoms with Crippen molar-refractivity contribution < 1.29 is 29.0 Å². The first-order valence-corrected chi connectivity index (χ1v) is 18.3. The Bertz CT molecular complexity index is 1880.